The van der Waals surface area contributed by atoms with E-state index in [-0.39, 0.29) is 6.54 Å². The molecular weight excluding hydrogens is 284 g/mol. The fraction of sp³-hybridized carbons (Fsp3) is 0.833. The van der Waals surface area contributed by atoms with Crippen LogP contribution in [0.25, 0.3) is 0 Å². The molecule has 1 heterocycles. The summed E-state index contributed by atoms with van der Waals surface area (Å²) >= 11 is 0. The van der Waals surface area contributed by atoms with E-state index in [2.05, 4.69) is 4.74 Å². The second-order valence-corrected chi connectivity index (χ2v) is 7.54. The molecule has 20 heavy (non-hydrogen) atoms. The van der Waals surface area contributed by atoms with Gasteiger partial charge in [-0.3, -0.25) is 9.59 Å². The molecule has 2 rings (SSSR count). The number of nitrogens with two attached hydrogens (primary N) is 1. The van der Waals surface area contributed by atoms with Crippen LogP contribution in [-0.2, 0) is 24.3 Å². The molecule has 1 aliphatic heterocycles. The first-order chi connectivity index (χ1) is 9.37. The number of amides is 1. The minimum Gasteiger partial charge on any atom is -0.469 e. The molecule has 0 radical (unpaired) electrons. The number of rotatable bonds is 4. The lowest BCUT2D eigenvalue weighted by Crippen LogP contribution is -2.42. The van der Waals surface area contributed by atoms with Crippen LogP contribution < -0.4 is 5.73 Å². The van der Waals surface area contributed by atoms with Crippen LogP contribution in [0, 0.1) is 11.8 Å². The van der Waals surface area contributed by atoms with E-state index < -0.39 is 39.0 Å². The number of carbonyl (C=O) groups is 2. The van der Waals surface area contributed by atoms with Crippen molar-refractivity contribution in [2.75, 3.05) is 20.2 Å². The molecule has 0 aromatic heterocycles. The third-order valence-corrected chi connectivity index (χ3v) is 6.63. The van der Waals surface area contributed by atoms with E-state index >= 15 is 0 Å². The van der Waals surface area contributed by atoms with Gasteiger partial charge in [-0.05, 0) is 19.3 Å². The molecule has 2 fully saturated rings. The number of primary amides is 1. The first-order valence-corrected chi connectivity index (χ1v) is 8.24. The fourth-order valence-electron chi connectivity index (χ4n) is 3.09. The van der Waals surface area contributed by atoms with Crippen molar-refractivity contribution in [3.8, 4) is 0 Å². The Hall–Kier alpha value is -1.15. The molecule has 0 spiro atoms. The van der Waals surface area contributed by atoms with Crippen molar-refractivity contribution in [1.29, 1.82) is 0 Å². The van der Waals surface area contributed by atoms with Gasteiger partial charge in [0.15, 0.2) is 0 Å². The lowest BCUT2D eigenvalue weighted by atomic mass is 10.1. The van der Waals surface area contributed by atoms with Crippen LogP contribution in [0.4, 0.5) is 0 Å². The largest absolute Gasteiger partial charge is 0.469 e. The van der Waals surface area contributed by atoms with Crippen molar-refractivity contribution in [1.82, 2.24) is 4.31 Å². The SMILES string of the molecule is COC(=O)C1CCCC1S(=O)(=O)N1CCC(C(N)=O)C1. The number of ether oxygens (including phenoxy) is 1. The Bertz CT molecular complexity index is 504. The van der Waals surface area contributed by atoms with Crippen LogP contribution in [0.3, 0.4) is 0 Å². The van der Waals surface area contributed by atoms with Crippen molar-refractivity contribution in [3.05, 3.63) is 0 Å². The van der Waals surface area contributed by atoms with Crippen LogP contribution in [0.5, 0.6) is 0 Å². The smallest absolute Gasteiger partial charge is 0.310 e. The van der Waals surface area contributed by atoms with E-state index in [1.807, 2.05) is 0 Å². The average Bonchev–Trinajstić information content (AvgIpc) is 3.06. The normalized spacial score (nSPS) is 31.4. The zero-order chi connectivity index (χ0) is 14.9. The quantitative estimate of drug-likeness (QED) is 0.702. The molecular formula is C12H20N2O5S. The Balaban J connectivity index is 2.14. The Labute approximate surface area is 118 Å². The molecule has 1 amide bonds. The third-order valence-electron chi connectivity index (χ3n) is 4.25. The van der Waals surface area contributed by atoms with Gasteiger partial charge in [-0.1, -0.05) is 6.42 Å². The molecule has 3 unspecified atom stereocenters. The van der Waals surface area contributed by atoms with E-state index in [9.17, 15) is 18.0 Å². The predicted octanol–water partition coefficient (Wildman–Crippen LogP) is -0.535. The Morgan fingerprint density at radius 3 is 2.50 bits per heavy atom. The molecule has 7 nitrogen and oxygen atoms in total. The molecule has 114 valence electrons. The van der Waals surface area contributed by atoms with E-state index in [4.69, 9.17) is 5.73 Å². The molecule has 0 aromatic rings. The summed E-state index contributed by atoms with van der Waals surface area (Å²) < 4.78 is 31.2. The third kappa shape index (κ3) is 2.67. The molecule has 1 aliphatic carbocycles. The number of nitrogens with zero attached hydrogens (tertiary/aromatic N) is 1. The molecule has 1 saturated carbocycles. The van der Waals surface area contributed by atoms with Gasteiger partial charge in [-0.15, -0.1) is 0 Å². The summed E-state index contributed by atoms with van der Waals surface area (Å²) in [5, 5.41) is -0.735. The van der Waals surface area contributed by atoms with Crippen molar-refractivity contribution < 1.29 is 22.7 Å². The number of hydrogen-bond acceptors (Lipinski definition) is 5. The molecule has 0 bridgehead atoms. The van der Waals surface area contributed by atoms with Crippen molar-refractivity contribution in [2.45, 2.75) is 30.9 Å². The Kier molecular flexibility index (Phi) is 4.33. The molecule has 0 aromatic carbocycles. The minimum absolute atomic E-state index is 0.127. The summed E-state index contributed by atoms with van der Waals surface area (Å²) in [5.41, 5.74) is 5.22. The lowest BCUT2D eigenvalue weighted by molar-refractivity contribution is -0.145. The van der Waals surface area contributed by atoms with Crippen LogP contribution in [-0.4, -0.2) is 50.0 Å². The number of esters is 1. The predicted molar refractivity (Wildman–Crippen MR) is 70.9 cm³/mol. The second kappa shape index (κ2) is 5.69. The van der Waals surface area contributed by atoms with Gasteiger partial charge < -0.3 is 10.5 Å². The van der Waals surface area contributed by atoms with E-state index in [0.717, 1.165) is 0 Å². The summed E-state index contributed by atoms with van der Waals surface area (Å²) in [7, 11) is -2.32. The van der Waals surface area contributed by atoms with Crippen molar-refractivity contribution in [3.63, 3.8) is 0 Å². The van der Waals surface area contributed by atoms with Crippen molar-refractivity contribution >= 4 is 21.9 Å². The van der Waals surface area contributed by atoms with Gasteiger partial charge in [0.05, 0.1) is 24.2 Å². The van der Waals surface area contributed by atoms with E-state index in [1.165, 1.54) is 11.4 Å². The number of carbonyl (C=O) groups excluding carboxylic acids is 2. The fourth-order valence-corrected chi connectivity index (χ4v) is 5.34. The minimum atomic E-state index is -3.58. The zero-order valence-electron chi connectivity index (χ0n) is 11.4. The first-order valence-electron chi connectivity index (χ1n) is 6.74. The zero-order valence-corrected chi connectivity index (χ0v) is 12.3. The summed E-state index contributed by atoms with van der Waals surface area (Å²) in [6.07, 6.45) is 2.13. The second-order valence-electron chi connectivity index (χ2n) is 5.39. The number of hydrogen-bond donors (Lipinski definition) is 1. The maximum atomic E-state index is 12.6. The van der Waals surface area contributed by atoms with Gasteiger partial charge in [-0.2, -0.15) is 0 Å². The summed E-state index contributed by atoms with van der Waals surface area (Å²) in [5.74, 6) is -1.97. The summed E-state index contributed by atoms with van der Waals surface area (Å²) in [6, 6.07) is 0. The van der Waals surface area contributed by atoms with E-state index in [0.29, 0.717) is 32.2 Å². The molecule has 2 N–H and O–H groups in total. The summed E-state index contributed by atoms with van der Waals surface area (Å²) in [6.45, 7) is 0.419. The molecule has 8 heteroatoms. The van der Waals surface area contributed by atoms with Gasteiger partial charge >= 0.3 is 5.97 Å². The lowest BCUT2D eigenvalue weighted by Gasteiger charge is -2.24. The van der Waals surface area contributed by atoms with Crippen LogP contribution in [0.1, 0.15) is 25.7 Å². The number of methoxy groups -OCH3 is 1. The maximum Gasteiger partial charge on any atom is 0.310 e. The average molecular weight is 304 g/mol. The van der Waals surface area contributed by atoms with Gasteiger partial charge in [0, 0.05) is 13.1 Å². The van der Waals surface area contributed by atoms with E-state index in [1.54, 1.807) is 0 Å². The highest BCUT2D eigenvalue weighted by molar-refractivity contribution is 7.89. The van der Waals surface area contributed by atoms with Crippen LogP contribution >= 0.6 is 0 Å². The monoisotopic (exact) mass is 304 g/mol. The highest BCUT2D eigenvalue weighted by Crippen LogP contribution is 2.35. The highest BCUT2D eigenvalue weighted by atomic mass is 32.2. The van der Waals surface area contributed by atoms with Gasteiger partial charge in [0.25, 0.3) is 0 Å². The van der Waals surface area contributed by atoms with Crippen LogP contribution in [0.15, 0.2) is 0 Å². The van der Waals surface area contributed by atoms with Crippen molar-refractivity contribution in [2.24, 2.45) is 17.6 Å². The Morgan fingerprint density at radius 1 is 1.25 bits per heavy atom. The number of sulfonamides is 1. The topological polar surface area (TPSA) is 107 Å². The summed E-state index contributed by atoms with van der Waals surface area (Å²) in [4.78, 5) is 22.8. The standard InChI is InChI=1S/C12H20N2O5S/c1-19-12(16)9-3-2-4-10(9)20(17,18)14-6-5-8(7-14)11(13)15/h8-10H,2-7H2,1H3,(H2,13,15). The Morgan fingerprint density at radius 2 is 1.95 bits per heavy atom. The molecule has 2 aliphatic rings. The van der Waals surface area contributed by atoms with Gasteiger partial charge in [-0.25, -0.2) is 12.7 Å². The highest BCUT2D eigenvalue weighted by Gasteiger charge is 2.46. The van der Waals surface area contributed by atoms with Crippen LogP contribution in [0.2, 0.25) is 0 Å². The van der Waals surface area contributed by atoms with Gasteiger partial charge in [0.1, 0.15) is 0 Å². The molecule has 3 atom stereocenters. The first kappa shape index (κ1) is 15.2. The maximum absolute atomic E-state index is 12.6. The molecule has 1 saturated heterocycles. The van der Waals surface area contributed by atoms with Gasteiger partial charge in [0.2, 0.25) is 15.9 Å².